The van der Waals surface area contributed by atoms with Crippen LogP contribution >= 0.6 is 0 Å². The van der Waals surface area contributed by atoms with Crippen molar-refractivity contribution in [1.82, 2.24) is 0 Å². The summed E-state index contributed by atoms with van der Waals surface area (Å²) in [7, 11) is 0. The number of hydrogen-bond acceptors (Lipinski definition) is 0. The number of benzene rings is 1. The van der Waals surface area contributed by atoms with Crippen LogP contribution in [0.2, 0.25) is 0 Å². The average molecular weight is 261 g/mol. The Morgan fingerprint density at radius 2 is 1.20 bits per heavy atom. The molecule has 2 heteroatoms. The van der Waals surface area contributed by atoms with Crippen LogP contribution in [0, 0.1) is 20.9 Å². The summed E-state index contributed by atoms with van der Waals surface area (Å²) in [5.41, 5.74) is 0. The molecule has 0 aromatic heterocycles. The first-order valence-corrected chi connectivity index (χ1v) is 1.91. The molecule has 0 aliphatic heterocycles. The van der Waals surface area contributed by atoms with Crippen molar-refractivity contribution in [2.24, 2.45) is 0 Å². The van der Waals surface area contributed by atoms with E-state index in [-0.39, 0.29) is 67.0 Å². The van der Waals surface area contributed by atoms with Gasteiger partial charge in [-0.15, -0.1) is 0 Å². The maximum Gasteiger partial charge on any atom is 0 e. The number of hydrogen-bond donors (Lipinski definition) is 0. The van der Waals surface area contributed by atoms with Gasteiger partial charge in [0.05, 0.1) is 0 Å². The first-order chi connectivity index (χ1) is 3.00. The Hall–Kier alpha value is 0.947. The molecule has 0 atom stereocenters. The molecular formula is C8H11YZn-3. The van der Waals surface area contributed by atoms with E-state index in [1.807, 2.05) is 30.3 Å². The molecule has 0 spiro atoms. The largest absolute Gasteiger partial charge is 0.358 e. The van der Waals surface area contributed by atoms with Crippen molar-refractivity contribution in [2.45, 2.75) is 0 Å². The van der Waals surface area contributed by atoms with Crippen molar-refractivity contribution in [3.05, 3.63) is 51.3 Å². The molecule has 0 N–H and O–H groups in total. The molecule has 0 fully saturated rings. The van der Waals surface area contributed by atoms with Gasteiger partial charge in [-0.1, -0.05) is 0 Å². The van der Waals surface area contributed by atoms with Gasteiger partial charge < -0.3 is 14.9 Å². The van der Waals surface area contributed by atoms with Crippen LogP contribution in [0.15, 0.2) is 30.3 Å². The van der Waals surface area contributed by atoms with E-state index >= 15 is 0 Å². The second-order valence-electron chi connectivity index (χ2n) is 1.08. The second kappa shape index (κ2) is 16.5. The molecule has 1 radical (unpaired) electrons. The predicted octanol–water partition coefficient (Wildman–Crippen LogP) is 2.38. The van der Waals surface area contributed by atoms with E-state index < -0.39 is 0 Å². The van der Waals surface area contributed by atoms with Crippen molar-refractivity contribution < 1.29 is 52.2 Å². The molecule has 0 bridgehead atoms. The Morgan fingerprint density at radius 3 is 1.30 bits per heavy atom. The van der Waals surface area contributed by atoms with E-state index in [0.717, 1.165) is 0 Å². The molecule has 0 saturated heterocycles. The minimum absolute atomic E-state index is 0. The molecule has 1 aromatic carbocycles. The van der Waals surface area contributed by atoms with Crippen LogP contribution < -0.4 is 0 Å². The third-order valence-corrected chi connectivity index (χ3v) is 0.607. The summed E-state index contributed by atoms with van der Waals surface area (Å²) < 4.78 is 0. The maximum atomic E-state index is 2.89. The zero-order valence-corrected chi connectivity index (χ0v) is 12.5. The van der Waals surface area contributed by atoms with Crippen LogP contribution in [0.1, 0.15) is 0 Å². The van der Waals surface area contributed by atoms with Gasteiger partial charge in [0, 0.05) is 52.2 Å². The molecule has 0 nitrogen and oxygen atoms in total. The summed E-state index contributed by atoms with van der Waals surface area (Å²) in [4.78, 5) is 0. The van der Waals surface area contributed by atoms with Crippen LogP contribution in [-0.4, -0.2) is 0 Å². The molecule has 1 aromatic rings. The Labute approximate surface area is 102 Å². The summed E-state index contributed by atoms with van der Waals surface area (Å²) in [6.07, 6.45) is 0. The zero-order valence-electron chi connectivity index (χ0n) is 6.67. The first-order valence-electron chi connectivity index (χ1n) is 1.91. The Morgan fingerprint density at radius 1 is 0.800 bits per heavy atom. The Bertz CT molecular complexity index is 81.2. The molecule has 0 amide bonds. The van der Waals surface area contributed by atoms with Crippen molar-refractivity contribution in [3.8, 4) is 0 Å². The zero-order chi connectivity index (χ0) is 4.24. The minimum Gasteiger partial charge on any atom is -0.358 e. The minimum atomic E-state index is 0. The molecule has 10 heavy (non-hydrogen) atoms. The third kappa shape index (κ3) is 11.7. The fourth-order valence-electron chi connectivity index (χ4n) is 0.342. The molecule has 0 aliphatic carbocycles. The van der Waals surface area contributed by atoms with Crippen LogP contribution in [0.3, 0.4) is 0 Å². The van der Waals surface area contributed by atoms with Crippen molar-refractivity contribution >= 4 is 0 Å². The van der Waals surface area contributed by atoms with Crippen molar-refractivity contribution in [1.29, 1.82) is 0 Å². The van der Waals surface area contributed by atoms with Crippen LogP contribution in [0.5, 0.6) is 0 Å². The van der Waals surface area contributed by atoms with Crippen molar-refractivity contribution in [3.63, 3.8) is 0 Å². The standard InChI is InChI=1S/C6H5.2CH3.Y.Zn/c1-2-4-6-5-3-1;;;;/h1-5H;2*1H3;;/q3*-1;;. The monoisotopic (exact) mass is 260 g/mol. The van der Waals surface area contributed by atoms with E-state index in [0.29, 0.717) is 0 Å². The quantitative estimate of drug-likeness (QED) is 0.497. The van der Waals surface area contributed by atoms with E-state index in [1.165, 1.54) is 0 Å². The fraction of sp³-hybridized carbons (Fsp3) is 0. The maximum absolute atomic E-state index is 2.89. The predicted molar refractivity (Wildman–Crippen MR) is 38.1 cm³/mol. The second-order valence-corrected chi connectivity index (χ2v) is 1.08. The Kier molecular flexibility index (Phi) is 37.0. The van der Waals surface area contributed by atoms with E-state index in [1.54, 1.807) is 0 Å². The van der Waals surface area contributed by atoms with Gasteiger partial charge in [0.15, 0.2) is 0 Å². The van der Waals surface area contributed by atoms with Crippen molar-refractivity contribution in [2.75, 3.05) is 0 Å². The average Bonchev–Trinajstić information content (AvgIpc) is 1.72. The molecule has 1 rings (SSSR count). The van der Waals surface area contributed by atoms with E-state index in [4.69, 9.17) is 0 Å². The topological polar surface area (TPSA) is 0 Å². The van der Waals surface area contributed by atoms with E-state index in [2.05, 4.69) is 6.07 Å². The van der Waals surface area contributed by atoms with Gasteiger partial charge in [-0.3, -0.25) is 0 Å². The van der Waals surface area contributed by atoms with Crippen LogP contribution in [-0.2, 0) is 52.2 Å². The molecule has 0 aliphatic rings. The molecular weight excluding hydrogens is 250 g/mol. The molecule has 0 unspecified atom stereocenters. The SMILES string of the molecule is [CH3-].[CH3-].[Y].[Zn].[c-]1ccccc1. The van der Waals surface area contributed by atoms with Gasteiger partial charge in [-0.05, 0) is 0 Å². The summed E-state index contributed by atoms with van der Waals surface area (Å²) in [5, 5.41) is 0. The first kappa shape index (κ1) is 22.4. The van der Waals surface area contributed by atoms with Gasteiger partial charge in [-0.2, -0.15) is 36.4 Å². The van der Waals surface area contributed by atoms with Crippen LogP contribution in [0.25, 0.3) is 0 Å². The summed E-state index contributed by atoms with van der Waals surface area (Å²) in [6, 6.07) is 12.5. The summed E-state index contributed by atoms with van der Waals surface area (Å²) in [5.74, 6) is 0. The van der Waals surface area contributed by atoms with Gasteiger partial charge in [0.1, 0.15) is 0 Å². The smallest absolute Gasteiger partial charge is 0 e. The van der Waals surface area contributed by atoms with Crippen LogP contribution in [0.4, 0.5) is 0 Å². The molecule has 0 saturated carbocycles. The third-order valence-electron chi connectivity index (χ3n) is 0.607. The van der Waals surface area contributed by atoms with Gasteiger partial charge in [-0.25, -0.2) is 0 Å². The summed E-state index contributed by atoms with van der Waals surface area (Å²) >= 11 is 0. The van der Waals surface area contributed by atoms with E-state index in [9.17, 15) is 0 Å². The normalized spacial score (nSPS) is 4.80. The summed E-state index contributed by atoms with van der Waals surface area (Å²) in [6.45, 7) is 0. The van der Waals surface area contributed by atoms with Gasteiger partial charge in [0.25, 0.3) is 0 Å². The molecule has 51 valence electrons. The molecule has 0 heterocycles. The fourth-order valence-corrected chi connectivity index (χ4v) is 0.342. The van der Waals surface area contributed by atoms with Gasteiger partial charge >= 0.3 is 0 Å². The van der Waals surface area contributed by atoms with Gasteiger partial charge in [0.2, 0.25) is 0 Å². The number of rotatable bonds is 0. The Balaban J connectivity index is -0.0000000450.